The van der Waals surface area contributed by atoms with E-state index >= 15 is 0 Å². The summed E-state index contributed by atoms with van der Waals surface area (Å²) in [5.41, 5.74) is 0.818. The summed E-state index contributed by atoms with van der Waals surface area (Å²) >= 11 is 0. The van der Waals surface area contributed by atoms with E-state index in [2.05, 4.69) is 0 Å². The predicted octanol–water partition coefficient (Wildman–Crippen LogP) is 2.88. The van der Waals surface area contributed by atoms with E-state index in [0.717, 1.165) is 0 Å². The average molecular weight is 399 g/mol. The van der Waals surface area contributed by atoms with Gasteiger partial charge in [-0.1, -0.05) is 6.07 Å². The van der Waals surface area contributed by atoms with Crippen LogP contribution in [-0.2, 0) is 23.8 Å². The number of hydrogen-bond acceptors (Lipinski definition) is 8. The Bertz CT molecular complexity index is 921. The lowest BCUT2D eigenvalue weighted by Gasteiger charge is -2.31. The molecule has 8 nitrogen and oxygen atoms in total. The highest BCUT2D eigenvalue weighted by molar-refractivity contribution is 6.03. The molecule has 0 amide bonds. The van der Waals surface area contributed by atoms with Gasteiger partial charge in [0.25, 0.3) is 0 Å². The molecule has 2 aromatic carbocycles. The molecule has 2 aromatic rings. The molecule has 29 heavy (non-hydrogen) atoms. The number of carbonyl (C=O) groups is 2. The van der Waals surface area contributed by atoms with Crippen molar-refractivity contribution < 1.29 is 33.3 Å². The SMILES string of the molecule is COC(=O)C1=C(C(=O)OC)N(c2ccc(Oc3cccc(OC)c3)cc2)COC1. The van der Waals surface area contributed by atoms with Crippen molar-refractivity contribution in [1.29, 1.82) is 0 Å². The number of carbonyl (C=O) groups excluding carboxylic acids is 2. The standard InChI is InChI=1S/C21H21NO7/c1-25-16-5-4-6-17(11-16)29-15-9-7-14(8-10-15)22-13-28-12-18(20(23)26-2)19(22)21(24)27-3/h4-11H,12-13H2,1-3H3. The van der Waals surface area contributed by atoms with Gasteiger partial charge in [-0.25, -0.2) is 9.59 Å². The maximum Gasteiger partial charge on any atom is 0.355 e. The van der Waals surface area contributed by atoms with Gasteiger partial charge in [0, 0.05) is 11.8 Å². The highest BCUT2D eigenvalue weighted by atomic mass is 16.5. The number of anilines is 1. The van der Waals surface area contributed by atoms with E-state index < -0.39 is 11.9 Å². The van der Waals surface area contributed by atoms with Crippen molar-refractivity contribution in [3.8, 4) is 17.2 Å². The largest absolute Gasteiger partial charge is 0.497 e. The van der Waals surface area contributed by atoms with E-state index in [0.29, 0.717) is 22.9 Å². The lowest BCUT2D eigenvalue weighted by Crippen LogP contribution is -2.38. The second-order valence-corrected chi connectivity index (χ2v) is 5.99. The van der Waals surface area contributed by atoms with Gasteiger partial charge in [0.2, 0.25) is 0 Å². The molecule has 0 unspecified atom stereocenters. The van der Waals surface area contributed by atoms with E-state index in [4.69, 9.17) is 23.7 Å². The molecule has 0 radical (unpaired) electrons. The molecular formula is C21H21NO7. The number of benzene rings is 2. The third kappa shape index (κ3) is 4.49. The predicted molar refractivity (Wildman–Crippen MR) is 104 cm³/mol. The third-order valence-electron chi connectivity index (χ3n) is 4.26. The van der Waals surface area contributed by atoms with Gasteiger partial charge in [-0.05, 0) is 36.4 Å². The van der Waals surface area contributed by atoms with Gasteiger partial charge in [-0.2, -0.15) is 0 Å². The molecule has 0 N–H and O–H groups in total. The minimum atomic E-state index is -0.648. The van der Waals surface area contributed by atoms with Crippen LogP contribution in [0.25, 0.3) is 0 Å². The zero-order valence-electron chi connectivity index (χ0n) is 16.3. The molecule has 1 heterocycles. The van der Waals surface area contributed by atoms with Crippen LogP contribution in [0, 0.1) is 0 Å². The summed E-state index contributed by atoms with van der Waals surface area (Å²) in [5.74, 6) is 0.615. The summed E-state index contributed by atoms with van der Waals surface area (Å²) in [6, 6.07) is 14.2. The molecule has 0 atom stereocenters. The Balaban J connectivity index is 1.87. The van der Waals surface area contributed by atoms with Gasteiger partial charge in [0.15, 0.2) is 0 Å². The van der Waals surface area contributed by atoms with Crippen molar-refractivity contribution in [3.63, 3.8) is 0 Å². The molecule has 3 rings (SSSR count). The fraction of sp³-hybridized carbons (Fsp3) is 0.238. The first kappa shape index (κ1) is 20.2. The van der Waals surface area contributed by atoms with Crippen molar-refractivity contribution in [3.05, 3.63) is 59.8 Å². The molecule has 1 aliphatic rings. The normalized spacial score (nSPS) is 13.7. The summed E-state index contributed by atoms with van der Waals surface area (Å²) in [6.07, 6.45) is 0. The molecule has 0 aliphatic carbocycles. The zero-order chi connectivity index (χ0) is 20.8. The molecule has 152 valence electrons. The maximum absolute atomic E-state index is 12.3. The Kier molecular flexibility index (Phi) is 6.36. The lowest BCUT2D eigenvalue weighted by atomic mass is 10.1. The Morgan fingerprint density at radius 3 is 2.24 bits per heavy atom. The lowest BCUT2D eigenvalue weighted by molar-refractivity contribution is -0.140. The van der Waals surface area contributed by atoms with Gasteiger partial charge < -0.3 is 28.6 Å². The molecule has 8 heteroatoms. The smallest absolute Gasteiger partial charge is 0.355 e. The Hall–Kier alpha value is -3.52. The van der Waals surface area contributed by atoms with Crippen molar-refractivity contribution in [2.24, 2.45) is 0 Å². The van der Waals surface area contributed by atoms with Gasteiger partial charge in [0.05, 0.1) is 33.5 Å². The summed E-state index contributed by atoms with van der Waals surface area (Å²) < 4.78 is 26.1. The second-order valence-electron chi connectivity index (χ2n) is 5.99. The summed E-state index contributed by atoms with van der Waals surface area (Å²) in [6.45, 7) is 0.0473. The van der Waals surface area contributed by atoms with Gasteiger partial charge >= 0.3 is 11.9 Å². The highest BCUT2D eigenvalue weighted by Gasteiger charge is 2.32. The Labute approximate surface area is 168 Å². The molecule has 0 bridgehead atoms. The van der Waals surface area contributed by atoms with Crippen molar-refractivity contribution >= 4 is 17.6 Å². The quantitative estimate of drug-likeness (QED) is 0.686. The Morgan fingerprint density at radius 2 is 1.59 bits per heavy atom. The number of rotatable bonds is 6. The minimum Gasteiger partial charge on any atom is -0.497 e. The van der Waals surface area contributed by atoms with Crippen LogP contribution in [0.1, 0.15) is 0 Å². The minimum absolute atomic E-state index is 0.0371. The van der Waals surface area contributed by atoms with Crippen LogP contribution in [0.2, 0.25) is 0 Å². The van der Waals surface area contributed by atoms with Crippen molar-refractivity contribution in [2.45, 2.75) is 0 Å². The monoisotopic (exact) mass is 399 g/mol. The fourth-order valence-electron chi connectivity index (χ4n) is 2.84. The molecule has 0 aromatic heterocycles. The van der Waals surface area contributed by atoms with Gasteiger partial charge in [-0.15, -0.1) is 0 Å². The van der Waals surface area contributed by atoms with Crippen LogP contribution in [0.15, 0.2) is 59.8 Å². The Morgan fingerprint density at radius 1 is 0.897 bits per heavy atom. The average Bonchev–Trinajstić information content (AvgIpc) is 2.78. The molecule has 0 saturated carbocycles. The number of hydrogen-bond donors (Lipinski definition) is 0. The number of methoxy groups -OCH3 is 3. The van der Waals surface area contributed by atoms with E-state index in [1.54, 1.807) is 42.3 Å². The second kappa shape index (κ2) is 9.11. The van der Waals surface area contributed by atoms with Crippen LogP contribution < -0.4 is 14.4 Å². The van der Waals surface area contributed by atoms with E-state index in [1.165, 1.54) is 14.2 Å². The van der Waals surface area contributed by atoms with E-state index in [1.807, 2.05) is 18.2 Å². The summed E-state index contributed by atoms with van der Waals surface area (Å²) in [5, 5.41) is 0. The first-order chi connectivity index (χ1) is 14.1. The maximum atomic E-state index is 12.3. The molecule has 0 saturated heterocycles. The first-order valence-corrected chi connectivity index (χ1v) is 8.74. The van der Waals surface area contributed by atoms with Crippen LogP contribution in [-0.4, -0.2) is 46.6 Å². The van der Waals surface area contributed by atoms with E-state index in [-0.39, 0.29) is 24.6 Å². The van der Waals surface area contributed by atoms with Crippen LogP contribution in [0.3, 0.4) is 0 Å². The van der Waals surface area contributed by atoms with Crippen LogP contribution in [0.4, 0.5) is 5.69 Å². The third-order valence-corrected chi connectivity index (χ3v) is 4.26. The fourth-order valence-corrected chi connectivity index (χ4v) is 2.84. The molecule has 0 spiro atoms. The molecular weight excluding hydrogens is 378 g/mol. The van der Waals surface area contributed by atoms with Crippen molar-refractivity contribution in [1.82, 2.24) is 0 Å². The summed E-state index contributed by atoms with van der Waals surface area (Å²) in [4.78, 5) is 25.9. The van der Waals surface area contributed by atoms with Crippen LogP contribution >= 0.6 is 0 Å². The van der Waals surface area contributed by atoms with Crippen LogP contribution in [0.5, 0.6) is 17.2 Å². The number of ether oxygens (including phenoxy) is 5. The topological polar surface area (TPSA) is 83.5 Å². The number of esters is 2. The molecule has 1 aliphatic heterocycles. The van der Waals surface area contributed by atoms with Crippen molar-refractivity contribution in [2.75, 3.05) is 39.6 Å². The number of nitrogens with zero attached hydrogens (tertiary/aromatic N) is 1. The van der Waals surface area contributed by atoms with E-state index in [9.17, 15) is 9.59 Å². The summed E-state index contributed by atoms with van der Waals surface area (Å²) in [7, 11) is 4.08. The highest BCUT2D eigenvalue weighted by Crippen LogP contribution is 2.30. The first-order valence-electron chi connectivity index (χ1n) is 8.74. The zero-order valence-corrected chi connectivity index (χ0v) is 16.3. The van der Waals surface area contributed by atoms with Gasteiger partial charge in [0.1, 0.15) is 29.7 Å². The molecule has 0 fully saturated rings. The van der Waals surface area contributed by atoms with Gasteiger partial charge in [-0.3, -0.25) is 0 Å².